The number of ether oxygens (including phenoxy) is 1. The minimum atomic E-state index is -10.4. The molecule has 2 N–H and O–H groups in total. The smallest absolute Gasteiger partial charge is 0.423 e. The van der Waals surface area contributed by atoms with Crippen LogP contribution in [-0.4, -0.2) is 54.9 Å². The summed E-state index contributed by atoms with van der Waals surface area (Å²) >= 11 is 11.3. The first-order chi connectivity index (χ1) is 17.5. The number of benzene rings is 1. The van der Waals surface area contributed by atoms with Gasteiger partial charge in [0.25, 0.3) is 0 Å². The Morgan fingerprint density at radius 3 is 2.00 bits per heavy atom. The van der Waals surface area contributed by atoms with Crippen LogP contribution in [0.15, 0.2) is 17.0 Å². The van der Waals surface area contributed by atoms with Gasteiger partial charge in [0.15, 0.2) is 28.0 Å². The van der Waals surface area contributed by atoms with Gasteiger partial charge in [-0.3, -0.25) is 5.32 Å². The van der Waals surface area contributed by atoms with Crippen LogP contribution >= 0.6 is 33.4 Å². The van der Waals surface area contributed by atoms with Crippen LogP contribution in [-0.2, 0) is 14.6 Å². The first-order valence-corrected chi connectivity index (χ1v) is 14.0. The highest BCUT2D eigenvalue weighted by molar-refractivity contribution is 8.45. The quantitative estimate of drug-likeness (QED) is 0.297. The minimum absolute atomic E-state index is 0.0225. The Kier molecular flexibility index (Phi) is 7.99. The molecule has 2 rings (SSSR count). The molecule has 1 aromatic carbocycles. The number of hydrogen-bond acceptors (Lipinski definition) is 7. The van der Waals surface area contributed by atoms with Crippen LogP contribution in [0.1, 0.15) is 5.69 Å². The maximum Gasteiger partial charge on any atom is 0.423 e. The summed E-state index contributed by atoms with van der Waals surface area (Å²) in [4.78, 5) is 9.32. The van der Waals surface area contributed by atoms with Crippen LogP contribution in [0.4, 0.5) is 62.1 Å². The molecule has 0 radical (unpaired) electrons. The molecule has 24 heteroatoms. The van der Waals surface area contributed by atoms with Crippen molar-refractivity contribution >= 4 is 60.9 Å². The number of amides is 1. The first-order valence-electron chi connectivity index (χ1n) is 9.34. The van der Waals surface area contributed by atoms with Gasteiger partial charge >= 0.3 is 28.7 Å². The number of hydrogen-bond donors (Lipinski definition) is 2. The number of rotatable bonds is 7. The van der Waals surface area contributed by atoms with E-state index < -0.39 is 100 Å². The van der Waals surface area contributed by atoms with Crippen molar-refractivity contribution in [2.75, 3.05) is 23.5 Å². The molecular weight excluding hydrogens is 670 g/mol. The van der Waals surface area contributed by atoms with E-state index in [0.29, 0.717) is 0 Å². The maximum atomic E-state index is 13.5. The number of nitrogens with one attached hydrogen (secondary N) is 2. The van der Waals surface area contributed by atoms with Crippen molar-refractivity contribution < 1.29 is 63.7 Å². The molecule has 226 valence electrons. The molecule has 0 aliphatic heterocycles. The van der Waals surface area contributed by atoms with Gasteiger partial charge < -0.3 is 10.1 Å². The number of anilines is 2. The number of carbonyl (C=O) groups is 1. The van der Waals surface area contributed by atoms with Crippen LogP contribution in [0, 0.1) is 11.3 Å². The highest BCUT2D eigenvalue weighted by atomic mass is 35.5. The topological polar surface area (TPSA) is 126 Å². The normalized spacial score (nSPS) is 15.4. The van der Waals surface area contributed by atoms with E-state index in [4.69, 9.17) is 23.2 Å². The number of nitrogens with zero attached hydrogens (tertiary/aromatic N) is 3. The summed E-state index contributed by atoms with van der Waals surface area (Å²) in [5.41, 5.74) is -3.75. The fourth-order valence-electron chi connectivity index (χ4n) is 2.72. The minimum Gasteiger partial charge on any atom is -0.440 e. The second-order valence-electron chi connectivity index (χ2n) is 7.51. The lowest BCUT2D eigenvalue weighted by Gasteiger charge is -2.40. The van der Waals surface area contributed by atoms with Crippen LogP contribution in [0.2, 0.25) is 10.0 Å². The van der Waals surface area contributed by atoms with Crippen molar-refractivity contribution in [3.05, 3.63) is 27.9 Å². The fourth-order valence-corrected chi connectivity index (χ4v) is 5.00. The molecule has 1 heterocycles. The first kappa shape index (κ1) is 33.3. The molecule has 1 atom stereocenters. The van der Waals surface area contributed by atoms with Crippen molar-refractivity contribution in [3.8, 4) is 11.8 Å². The molecule has 2 aromatic rings. The highest BCUT2D eigenvalue weighted by Gasteiger charge is 2.65. The molecule has 0 spiro atoms. The largest absolute Gasteiger partial charge is 0.440 e. The Bertz CT molecular complexity index is 1480. The van der Waals surface area contributed by atoms with Gasteiger partial charge in [0.2, 0.25) is 5.37 Å². The van der Waals surface area contributed by atoms with Crippen LogP contribution in [0.3, 0.4) is 0 Å². The van der Waals surface area contributed by atoms with Gasteiger partial charge in [0, 0.05) is 6.26 Å². The molecule has 0 aliphatic carbocycles. The average Bonchev–Trinajstić information content (AvgIpc) is 3.03. The number of nitriles is 1. The van der Waals surface area contributed by atoms with Crippen molar-refractivity contribution in [2.24, 2.45) is 0 Å². The van der Waals surface area contributed by atoms with Gasteiger partial charge in [-0.25, -0.2) is 17.9 Å². The van der Waals surface area contributed by atoms with Crippen molar-refractivity contribution in [2.45, 2.75) is 22.6 Å². The van der Waals surface area contributed by atoms with E-state index in [0.717, 1.165) is 6.07 Å². The van der Waals surface area contributed by atoms with E-state index in [9.17, 15) is 64.2 Å². The zero-order chi connectivity index (χ0) is 31.3. The molecule has 0 fully saturated rings. The Labute approximate surface area is 225 Å². The molecule has 0 saturated carbocycles. The summed E-state index contributed by atoms with van der Waals surface area (Å²) in [6.07, 6.45) is -12.8. The van der Waals surface area contributed by atoms with Gasteiger partial charge in [0.05, 0.1) is 10.0 Å². The monoisotopic (exact) mass is 679 g/mol. The third kappa shape index (κ3) is 8.07. The van der Waals surface area contributed by atoms with Gasteiger partial charge in [-0.15, -0.1) is 0 Å². The van der Waals surface area contributed by atoms with Crippen molar-refractivity contribution in [3.63, 3.8) is 0 Å². The molecule has 0 aliphatic rings. The van der Waals surface area contributed by atoms with Gasteiger partial charge in [-0.05, 0) is 12.1 Å². The van der Waals surface area contributed by atoms with E-state index in [-0.39, 0.29) is 10.9 Å². The third-order valence-electron chi connectivity index (χ3n) is 4.23. The zero-order valence-electron chi connectivity index (χ0n) is 18.6. The lowest BCUT2D eigenvalue weighted by molar-refractivity contribution is -0.159. The molecule has 40 heavy (non-hydrogen) atoms. The average molecular weight is 680 g/mol. The van der Waals surface area contributed by atoms with E-state index >= 15 is 0 Å². The molecule has 1 unspecified atom stereocenters. The molecule has 0 bridgehead atoms. The Morgan fingerprint density at radius 2 is 1.62 bits per heavy atom. The molecule has 1 amide bonds. The van der Waals surface area contributed by atoms with Gasteiger partial charge in [-0.1, -0.05) is 42.6 Å². The summed E-state index contributed by atoms with van der Waals surface area (Å²) in [5, 5.41) is 9.10. The predicted molar refractivity (Wildman–Crippen MR) is 119 cm³/mol. The van der Waals surface area contributed by atoms with Crippen molar-refractivity contribution in [1.82, 2.24) is 9.78 Å². The summed E-state index contributed by atoms with van der Waals surface area (Å²) in [5.74, 6) is -1.37. The van der Waals surface area contributed by atoms with E-state index in [1.807, 2.05) is 0 Å². The van der Waals surface area contributed by atoms with Crippen LogP contribution in [0.5, 0.6) is 0 Å². The fraction of sp³-hybridized carbons (Fsp3) is 0.312. The number of halogens is 13. The molecule has 0 saturated heterocycles. The Balaban J connectivity index is 2.88. The second kappa shape index (κ2) is 9.59. The summed E-state index contributed by atoms with van der Waals surface area (Å²) in [6.45, 7) is -2.28. The summed E-state index contributed by atoms with van der Waals surface area (Å²) in [6, 6.07) is 0.348. The van der Waals surface area contributed by atoms with Crippen LogP contribution in [0.25, 0.3) is 5.69 Å². The van der Waals surface area contributed by atoms with E-state index in [1.165, 1.54) is 10.6 Å². The molecule has 1 aromatic heterocycles. The molecular formula is C16H10Cl2F11N5O4S2. The third-order valence-corrected chi connectivity index (χ3v) is 7.17. The van der Waals surface area contributed by atoms with E-state index in [2.05, 4.69) is 9.84 Å². The number of alkyl halides is 6. The lowest BCUT2D eigenvalue weighted by Crippen LogP contribution is -2.42. The standard InChI is InChI=1S/C16H10Cl2F11N5O4S2/c1-39(36,37)13(16(22,23)24)31-10-9(4-30)33-34(12(10)32-14(35)38-5-15(19,20)21)11-7(17)2-6(3-8(11)18)40(25,26,27,28)29/h2-3,13,31H,5H2,1H3,(H,32,35). The van der Waals surface area contributed by atoms with Crippen LogP contribution < -0.4 is 10.6 Å². The predicted octanol–water partition coefficient (Wildman–Crippen LogP) is 7.16. The molecule has 9 nitrogen and oxygen atoms in total. The maximum absolute atomic E-state index is 13.5. The van der Waals surface area contributed by atoms with Gasteiger partial charge in [0.1, 0.15) is 22.3 Å². The number of carbonyl (C=O) groups excluding carboxylic acids is 1. The highest BCUT2D eigenvalue weighted by Crippen LogP contribution is 3.02. The summed E-state index contributed by atoms with van der Waals surface area (Å²) in [7, 11) is -15.6. The Morgan fingerprint density at radius 1 is 1.12 bits per heavy atom. The Hall–Kier alpha value is -2.90. The lowest BCUT2D eigenvalue weighted by atomic mass is 10.3. The number of sulfone groups is 1. The second-order valence-corrected chi connectivity index (χ2v) is 12.9. The zero-order valence-corrected chi connectivity index (χ0v) is 21.8. The summed E-state index contributed by atoms with van der Waals surface area (Å²) < 4.78 is 171. The SMILES string of the molecule is CS(=O)(=O)C(Nc1c(C#N)nn(-c2c(Cl)cc(S(F)(F)(F)(F)F)cc2Cl)c1NC(=O)OCC(F)(F)F)C(F)(F)F. The van der Waals surface area contributed by atoms with Gasteiger partial charge in [-0.2, -0.15) is 36.7 Å². The van der Waals surface area contributed by atoms with E-state index in [1.54, 1.807) is 0 Å². The van der Waals surface area contributed by atoms with Crippen molar-refractivity contribution in [1.29, 1.82) is 5.26 Å². The number of aromatic nitrogens is 2.